The molecule has 0 aliphatic rings. The van der Waals surface area contributed by atoms with Crippen molar-refractivity contribution in [3.8, 4) is 5.75 Å². The smallest absolute Gasteiger partial charge is 0.137 e. The summed E-state index contributed by atoms with van der Waals surface area (Å²) < 4.78 is 5.06. The molecule has 2 atom stereocenters. The largest absolute Gasteiger partial charge is 0.495 e. The summed E-state index contributed by atoms with van der Waals surface area (Å²) in [6.07, 6.45) is 0.739. The molecule has 0 heterocycles. The summed E-state index contributed by atoms with van der Waals surface area (Å²) in [7, 11) is 1.59. The van der Waals surface area contributed by atoms with Gasteiger partial charge in [0.05, 0.1) is 12.1 Å². The third-order valence-electron chi connectivity index (χ3n) is 2.23. The minimum Gasteiger partial charge on any atom is -0.495 e. The molecule has 0 saturated carbocycles. The van der Waals surface area contributed by atoms with Crippen LogP contribution in [0.25, 0.3) is 0 Å². The number of hydrogen-bond donors (Lipinski definition) is 2. The molecule has 0 amide bonds. The average Bonchev–Trinajstić information content (AvgIpc) is 2.16. The first kappa shape index (κ1) is 12.3. The van der Waals surface area contributed by atoms with Gasteiger partial charge in [0.25, 0.3) is 0 Å². The Morgan fingerprint density at radius 1 is 1.40 bits per heavy atom. The van der Waals surface area contributed by atoms with E-state index in [0.717, 1.165) is 12.0 Å². The number of halogens is 1. The first-order chi connectivity index (χ1) is 7.04. The number of ether oxygens (including phenoxy) is 1. The Bertz CT molecular complexity index is 328. The van der Waals surface area contributed by atoms with Crippen LogP contribution < -0.4 is 16.2 Å². The van der Waals surface area contributed by atoms with Crippen molar-refractivity contribution in [2.45, 2.75) is 25.4 Å². The van der Waals surface area contributed by atoms with Crippen molar-refractivity contribution in [2.75, 3.05) is 7.11 Å². The van der Waals surface area contributed by atoms with Crippen molar-refractivity contribution in [1.29, 1.82) is 0 Å². The van der Waals surface area contributed by atoms with Crippen molar-refractivity contribution in [3.63, 3.8) is 0 Å². The molecule has 0 bridgehead atoms. The van der Waals surface area contributed by atoms with Gasteiger partial charge >= 0.3 is 0 Å². The van der Waals surface area contributed by atoms with E-state index in [0.29, 0.717) is 10.8 Å². The van der Waals surface area contributed by atoms with Crippen molar-refractivity contribution in [3.05, 3.63) is 28.8 Å². The van der Waals surface area contributed by atoms with Gasteiger partial charge < -0.3 is 16.2 Å². The predicted molar refractivity (Wildman–Crippen MR) is 63.2 cm³/mol. The van der Waals surface area contributed by atoms with Crippen molar-refractivity contribution in [1.82, 2.24) is 0 Å². The maximum Gasteiger partial charge on any atom is 0.137 e. The van der Waals surface area contributed by atoms with E-state index in [1.54, 1.807) is 7.11 Å². The Morgan fingerprint density at radius 2 is 2.07 bits per heavy atom. The summed E-state index contributed by atoms with van der Waals surface area (Å²) in [5, 5.41) is 0.579. The standard InChI is InChI=1S/C11H17ClN2O/c1-7(13)5-10(14)8-3-4-11(15-2)9(12)6-8/h3-4,6-7,10H,5,13-14H2,1-2H3. The molecule has 0 aliphatic heterocycles. The Hall–Kier alpha value is -0.770. The van der Waals surface area contributed by atoms with E-state index in [1.807, 2.05) is 25.1 Å². The summed E-state index contributed by atoms with van der Waals surface area (Å²) in [4.78, 5) is 0. The van der Waals surface area contributed by atoms with Gasteiger partial charge in [-0.25, -0.2) is 0 Å². The lowest BCUT2D eigenvalue weighted by Crippen LogP contribution is -2.23. The van der Waals surface area contributed by atoms with E-state index in [2.05, 4.69) is 0 Å². The van der Waals surface area contributed by atoms with Crippen LogP contribution >= 0.6 is 11.6 Å². The zero-order chi connectivity index (χ0) is 11.4. The second-order valence-corrected chi connectivity index (χ2v) is 4.12. The van der Waals surface area contributed by atoms with E-state index >= 15 is 0 Å². The molecule has 2 unspecified atom stereocenters. The third-order valence-corrected chi connectivity index (χ3v) is 2.53. The minimum atomic E-state index is -0.0755. The summed E-state index contributed by atoms with van der Waals surface area (Å²) in [6.45, 7) is 1.94. The Kier molecular flexibility index (Phi) is 4.39. The SMILES string of the molecule is COc1ccc(C(N)CC(C)N)cc1Cl. The second kappa shape index (κ2) is 5.35. The van der Waals surface area contributed by atoms with Crippen LogP contribution in [0.15, 0.2) is 18.2 Å². The molecular formula is C11H17ClN2O. The second-order valence-electron chi connectivity index (χ2n) is 3.71. The van der Waals surface area contributed by atoms with Crippen LogP contribution in [0.5, 0.6) is 5.75 Å². The maximum atomic E-state index is 6.00. The summed E-state index contributed by atoms with van der Waals surface area (Å²) >= 11 is 6.00. The van der Waals surface area contributed by atoms with Gasteiger partial charge in [-0.05, 0) is 31.0 Å². The third kappa shape index (κ3) is 3.38. The highest BCUT2D eigenvalue weighted by atomic mass is 35.5. The van der Waals surface area contributed by atoms with Crippen LogP contribution in [0.2, 0.25) is 5.02 Å². The van der Waals surface area contributed by atoms with Gasteiger partial charge in [0, 0.05) is 12.1 Å². The minimum absolute atomic E-state index is 0.0755. The number of nitrogens with two attached hydrogens (primary N) is 2. The van der Waals surface area contributed by atoms with Crippen LogP contribution in [0.1, 0.15) is 24.9 Å². The molecule has 0 radical (unpaired) electrons. The molecule has 0 saturated heterocycles. The summed E-state index contributed by atoms with van der Waals surface area (Å²) in [5.74, 6) is 0.661. The quantitative estimate of drug-likeness (QED) is 0.830. The van der Waals surface area contributed by atoms with Gasteiger partial charge in [0.15, 0.2) is 0 Å². The average molecular weight is 229 g/mol. The van der Waals surface area contributed by atoms with Gasteiger partial charge in [0.2, 0.25) is 0 Å². The first-order valence-electron chi connectivity index (χ1n) is 4.89. The monoisotopic (exact) mass is 228 g/mol. The lowest BCUT2D eigenvalue weighted by molar-refractivity contribution is 0.414. The number of rotatable bonds is 4. The molecule has 15 heavy (non-hydrogen) atoms. The zero-order valence-electron chi connectivity index (χ0n) is 9.03. The van der Waals surface area contributed by atoms with E-state index in [-0.39, 0.29) is 12.1 Å². The number of benzene rings is 1. The highest BCUT2D eigenvalue weighted by molar-refractivity contribution is 6.32. The molecule has 1 rings (SSSR count). The van der Waals surface area contributed by atoms with Crippen molar-refractivity contribution >= 4 is 11.6 Å². The molecule has 0 aliphatic carbocycles. The van der Waals surface area contributed by atoms with E-state index < -0.39 is 0 Å². The van der Waals surface area contributed by atoms with Gasteiger partial charge in [-0.3, -0.25) is 0 Å². The molecule has 3 nitrogen and oxygen atoms in total. The lowest BCUT2D eigenvalue weighted by atomic mass is 10.0. The zero-order valence-corrected chi connectivity index (χ0v) is 9.79. The van der Waals surface area contributed by atoms with Crippen LogP contribution in [0.3, 0.4) is 0 Å². The number of methoxy groups -OCH3 is 1. The predicted octanol–water partition coefficient (Wildman–Crippen LogP) is 2.09. The highest BCUT2D eigenvalue weighted by Gasteiger charge is 2.10. The normalized spacial score (nSPS) is 14.7. The molecule has 4 N–H and O–H groups in total. The number of hydrogen-bond acceptors (Lipinski definition) is 3. The first-order valence-corrected chi connectivity index (χ1v) is 5.27. The topological polar surface area (TPSA) is 61.3 Å². The van der Waals surface area contributed by atoms with Gasteiger partial charge in [-0.1, -0.05) is 17.7 Å². The molecule has 84 valence electrons. The summed E-state index contributed by atoms with van der Waals surface area (Å²) in [5.41, 5.74) is 12.6. The fourth-order valence-corrected chi connectivity index (χ4v) is 1.72. The maximum absolute atomic E-state index is 6.00. The molecule has 0 aromatic heterocycles. The van der Waals surface area contributed by atoms with Crippen molar-refractivity contribution in [2.24, 2.45) is 11.5 Å². The molecular weight excluding hydrogens is 212 g/mol. The van der Waals surface area contributed by atoms with Crippen LogP contribution in [-0.2, 0) is 0 Å². The van der Waals surface area contributed by atoms with Crippen LogP contribution in [-0.4, -0.2) is 13.2 Å². The Labute approximate surface area is 95.4 Å². The van der Waals surface area contributed by atoms with E-state index in [4.69, 9.17) is 27.8 Å². The molecule has 4 heteroatoms. The van der Waals surface area contributed by atoms with E-state index in [1.165, 1.54) is 0 Å². The molecule has 0 spiro atoms. The van der Waals surface area contributed by atoms with Crippen LogP contribution in [0, 0.1) is 0 Å². The van der Waals surface area contributed by atoms with E-state index in [9.17, 15) is 0 Å². The molecule has 0 fully saturated rings. The molecule has 1 aromatic rings. The summed E-state index contributed by atoms with van der Waals surface area (Å²) in [6, 6.07) is 5.57. The Balaban J connectivity index is 2.82. The Morgan fingerprint density at radius 3 is 2.53 bits per heavy atom. The van der Waals surface area contributed by atoms with Crippen LogP contribution in [0.4, 0.5) is 0 Å². The van der Waals surface area contributed by atoms with Gasteiger partial charge in [-0.15, -0.1) is 0 Å². The molecule has 1 aromatic carbocycles. The fraction of sp³-hybridized carbons (Fsp3) is 0.455. The fourth-order valence-electron chi connectivity index (χ4n) is 1.45. The van der Waals surface area contributed by atoms with Crippen molar-refractivity contribution < 1.29 is 4.74 Å². The van der Waals surface area contributed by atoms with Gasteiger partial charge in [-0.2, -0.15) is 0 Å². The lowest BCUT2D eigenvalue weighted by Gasteiger charge is -2.15. The van der Waals surface area contributed by atoms with Gasteiger partial charge in [0.1, 0.15) is 5.75 Å². The highest BCUT2D eigenvalue weighted by Crippen LogP contribution is 2.27.